The van der Waals surface area contributed by atoms with Gasteiger partial charge < -0.3 is 0 Å². The molecule has 1 rings (SSSR count). The standard InChI is InChI=1S/C7H9ClF3N/c8-6(7(9,10)11)12-5-3-1-2-4-5/h5H,1-4H2. The Hall–Kier alpha value is -0.250. The molecule has 5 heteroatoms. The Morgan fingerprint density at radius 2 is 1.75 bits per heavy atom. The second-order valence-corrected chi connectivity index (χ2v) is 3.21. The van der Waals surface area contributed by atoms with Gasteiger partial charge in [0.2, 0.25) is 5.17 Å². The first-order chi connectivity index (χ1) is 5.50. The van der Waals surface area contributed by atoms with Crippen molar-refractivity contribution in [3.8, 4) is 0 Å². The highest BCUT2D eigenvalue weighted by molar-refractivity contribution is 6.66. The molecule has 1 aliphatic rings. The summed E-state index contributed by atoms with van der Waals surface area (Å²) in [6.07, 6.45) is -1.10. The minimum absolute atomic E-state index is 0.209. The molecular formula is C7H9ClF3N. The van der Waals surface area contributed by atoms with Crippen molar-refractivity contribution in [1.29, 1.82) is 0 Å². The SMILES string of the molecule is FC(F)(F)C(Cl)=NC1CCCC1. The van der Waals surface area contributed by atoms with Crippen LogP contribution >= 0.6 is 11.6 Å². The van der Waals surface area contributed by atoms with Gasteiger partial charge in [0.05, 0.1) is 6.04 Å². The van der Waals surface area contributed by atoms with Gasteiger partial charge in [-0.1, -0.05) is 24.4 Å². The van der Waals surface area contributed by atoms with E-state index in [-0.39, 0.29) is 6.04 Å². The third kappa shape index (κ3) is 2.66. The highest BCUT2D eigenvalue weighted by Gasteiger charge is 2.35. The molecule has 0 bridgehead atoms. The minimum Gasteiger partial charge on any atom is -0.266 e. The van der Waals surface area contributed by atoms with Gasteiger partial charge in [-0.05, 0) is 12.8 Å². The smallest absolute Gasteiger partial charge is 0.266 e. The molecule has 0 heterocycles. The Balaban J connectivity index is 2.55. The lowest BCUT2D eigenvalue weighted by Gasteiger charge is -2.06. The molecule has 0 spiro atoms. The molecule has 70 valence electrons. The van der Waals surface area contributed by atoms with Crippen LogP contribution in [0.3, 0.4) is 0 Å². The van der Waals surface area contributed by atoms with Gasteiger partial charge in [0.1, 0.15) is 0 Å². The topological polar surface area (TPSA) is 12.4 Å². The molecule has 0 atom stereocenters. The zero-order valence-electron chi connectivity index (χ0n) is 6.36. The molecule has 0 aromatic carbocycles. The Labute approximate surface area is 73.6 Å². The fraction of sp³-hybridized carbons (Fsp3) is 0.857. The monoisotopic (exact) mass is 199 g/mol. The zero-order valence-corrected chi connectivity index (χ0v) is 7.12. The van der Waals surface area contributed by atoms with E-state index in [0.29, 0.717) is 0 Å². The summed E-state index contributed by atoms with van der Waals surface area (Å²) >= 11 is 4.96. The van der Waals surface area contributed by atoms with E-state index in [4.69, 9.17) is 11.6 Å². The molecule has 0 N–H and O–H groups in total. The van der Waals surface area contributed by atoms with Crippen LogP contribution in [-0.2, 0) is 0 Å². The summed E-state index contributed by atoms with van der Waals surface area (Å²) in [6.45, 7) is 0. The van der Waals surface area contributed by atoms with Crippen LogP contribution in [0.4, 0.5) is 13.2 Å². The lowest BCUT2D eigenvalue weighted by molar-refractivity contribution is -0.0562. The van der Waals surface area contributed by atoms with Gasteiger partial charge >= 0.3 is 6.18 Å². The summed E-state index contributed by atoms with van der Waals surface area (Å²) in [4.78, 5) is 3.40. The van der Waals surface area contributed by atoms with Crippen LogP contribution in [0.15, 0.2) is 4.99 Å². The lowest BCUT2D eigenvalue weighted by atomic mass is 10.3. The Bertz CT molecular complexity index is 182. The van der Waals surface area contributed by atoms with Gasteiger partial charge in [-0.25, -0.2) is 0 Å². The van der Waals surface area contributed by atoms with E-state index >= 15 is 0 Å². The van der Waals surface area contributed by atoms with Gasteiger partial charge in [0.25, 0.3) is 0 Å². The average Bonchev–Trinajstić information content (AvgIpc) is 2.37. The lowest BCUT2D eigenvalue weighted by Crippen LogP contribution is -2.19. The first-order valence-electron chi connectivity index (χ1n) is 3.80. The van der Waals surface area contributed by atoms with Crippen LogP contribution < -0.4 is 0 Å². The fourth-order valence-electron chi connectivity index (χ4n) is 1.27. The summed E-state index contributed by atoms with van der Waals surface area (Å²) in [5, 5.41) is -1.21. The predicted octanol–water partition coefficient (Wildman–Crippen LogP) is 3.13. The Morgan fingerprint density at radius 1 is 1.25 bits per heavy atom. The predicted molar refractivity (Wildman–Crippen MR) is 41.6 cm³/mol. The number of nitrogens with zero attached hydrogens (tertiary/aromatic N) is 1. The van der Waals surface area contributed by atoms with Crippen LogP contribution in [0.25, 0.3) is 0 Å². The van der Waals surface area contributed by atoms with Crippen molar-refractivity contribution in [2.45, 2.75) is 37.9 Å². The molecule has 1 aliphatic carbocycles. The van der Waals surface area contributed by atoms with E-state index in [2.05, 4.69) is 4.99 Å². The third-order valence-corrected chi connectivity index (χ3v) is 2.17. The van der Waals surface area contributed by atoms with Crippen LogP contribution in [0, 0.1) is 0 Å². The van der Waals surface area contributed by atoms with Gasteiger partial charge in [0.15, 0.2) is 0 Å². The first kappa shape index (κ1) is 9.84. The molecule has 0 saturated heterocycles. The van der Waals surface area contributed by atoms with Crippen LogP contribution in [0.5, 0.6) is 0 Å². The molecule has 0 aromatic rings. The summed E-state index contributed by atoms with van der Waals surface area (Å²) in [7, 11) is 0. The Morgan fingerprint density at radius 3 is 2.17 bits per heavy atom. The van der Waals surface area contributed by atoms with Gasteiger partial charge in [-0.3, -0.25) is 4.99 Å². The molecule has 1 fully saturated rings. The molecule has 0 radical (unpaired) electrons. The normalized spacial score (nSPS) is 21.8. The van der Waals surface area contributed by atoms with Crippen molar-refractivity contribution < 1.29 is 13.2 Å². The molecule has 0 aromatic heterocycles. The largest absolute Gasteiger partial charge is 0.444 e. The van der Waals surface area contributed by atoms with Crippen molar-refractivity contribution in [1.82, 2.24) is 0 Å². The van der Waals surface area contributed by atoms with E-state index in [1.165, 1.54) is 0 Å². The minimum atomic E-state index is -4.47. The number of rotatable bonds is 1. The van der Waals surface area contributed by atoms with Crippen molar-refractivity contribution in [2.24, 2.45) is 4.99 Å². The third-order valence-electron chi connectivity index (χ3n) is 1.85. The van der Waals surface area contributed by atoms with Crippen LogP contribution in [-0.4, -0.2) is 17.4 Å². The van der Waals surface area contributed by atoms with E-state index in [1.807, 2.05) is 0 Å². The second kappa shape index (κ2) is 3.64. The number of halogens is 4. The maximum atomic E-state index is 11.8. The number of hydrogen-bond donors (Lipinski definition) is 0. The van der Waals surface area contributed by atoms with E-state index < -0.39 is 11.3 Å². The molecular weight excluding hydrogens is 191 g/mol. The van der Waals surface area contributed by atoms with E-state index in [0.717, 1.165) is 25.7 Å². The number of hydrogen-bond acceptors (Lipinski definition) is 1. The summed E-state index contributed by atoms with van der Waals surface area (Å²) in [5.74, 6) is 0. The number of aliphatic imine (C=N–C) groups is 1. The highest BCUT2D eigenvalue weighted by atomic mass is 35.5. The second-order valence-electron chi connectivity index (χ2n) is 2.86. The first-order valence-corrected chi connectivity index (χ1v) is 4.18. The molecule has 0 amide bonds. The van der Waals surface area contributed by atoms with Crippen molar-refractivity contribution >= 4 is 16.8 Å². The van der Waals surface area contributed by atoms with Crippen molar-refractivity contribution in [2.75, 3.05) is 0 Å². The number of alkyl halides is 3. The molecule has 1 saturated carbocycles. The van der Waals surface area contributed by atoms with Crippen LogP contribution in [0.1, 0.15) is 25.7 Å². The highest BCUT2D eigenvalue weighted by Crippen LogP contribution is 2.25. The van der Waals surface area contributed by atoms with E-state index in [1.54, 1.807) is 0 Å². The summed E-state index contributed by atoms with van der Waals surface area (Å²) < 4.78 is 35.5. The zero-order chi connectivity index (χ0) is 9.19. The molecule has 0 aliphatic heterocycles. The van der Waals surface area contributed by atoms with Crippen LogP contribution in [0.2, 0.25) is 0 Å². The van der Waals surface area contributed by atoms with E-state index in [9.17, 15) is 13.2 Å². The van der Waals surface area contributed by atoms with Crippen molar-refractivity contribution in [3.05, 3.63) is 0 Å². The van der Waals surface area contributed by atoms with Gasteiger partial charge in [0, 0.05) is 0 Å². The van der Waals surface area contributed by atoms with Crippen molar-refractivity contribution in [3.63, 3.8) is 0 Å². The molecule has 1 nitrogen and oxygen atoms in total. The maximum Gasteiger partial charge on any atom is 0.444 e. The summed E-state index contributed by atoms with van der Waals surface area (Å²) in [6, 6.07) is -0.209. The average molecular weight is 200 g/mol. The van der Waals surface area contributed by atoms with Gasteiger partial charge in [-0.2, -0.15) is 13.2 Å². The molecule has 0 unspecified atom stereocenters. The molecule has 12 heavy (non-hydrogen) atoms. The summed E-state index contributed by atoms with van der Waals surface area (Å²) in [5.41, 5.74) is 0. The fourth-order valence-corrected chi connectivity index (χ4v) is 1.40. The quantitative estimate of drug-likeness (QED) is 0.576. The van der Waals surface area contributed by atoms with Gasteiger partial charge in [-0.15, -0.1) is 0 Å². The Kier molecular flexibility index (Phi) is 2.99. The maximum absolute atomic E-state index is 11.8.